The average molecular weight is 219 g/mol. The number of rotatable bonds is 1. The molecule has 82 valence electrons. The third kappa shape index (κ3) is 1.78. The van der Waals surface area contributed by atoms with Crippen LogP contribution in [0, 0.1) is 0 Å². The lowest BCUT2D eigenvalue weighted by atomic mass is 10.2. The van der Waals surface area contributed by atoms with E-state index < -0.39 is 0 Å². The van der Waals surface area contributed by atoms with Gasteiger partial charge in [0.25, 0.3) is 0 Å². The van der Waals surface area contributed by atoms with E-state index in [2.05, 4.69) is 15.0 Å². The predicted octanol–water partition coefficient (Wildman–Crippen LogP) is 0.114. The number of nitrogens with zero attached hydrogens (tertiary/aromatic N) is 3. The lowest BCUT2D eigenvalue weighted by Gasteiger charge is -2.04. The first kappa shape index (κ1) is 9.97. The minimum Gasteiger partial charge on any atom is -0.508 e. The zero-order valence-electron chi connectivity index (χ0n) is 8.12. The third-order valence-electron chi connectivity index (χ3n) is 1.89. The van der Waals surface area contributed by atoms with Crippen molar-refractivity contribution in [2.24, 2.45) is 0 Å². The largest absolute Gasteiger partial charge is 0.508 e. The van der Waals surface area contributed by atoms with Crippen LogP contribution in [0.4, 0.5) is 11.9 Å². The topological polar surface area (TPSA) is 131 Å². The van der Waals surface area contributed by atoms with Gasteiger partial charge in [-0.05, 0) is 12.1 Å². The van der Waals surface area contributed by atoms with Crippen molar-refractivity contribution in [3.05, 3.63) is 18.2 Å². The Morgan fingerprint density at radius 3 is 2.12 bits per heavy atom. The summed E-state index contributed by atoms with van der Waals surface area (Å²) in [6, 6.07) is 4.02. The summed E-state index contributed by atoms with van der Waals surface area (Å²) in [6.07, 6.45) is 0. The standard InChI is InChI=1S/C9H9N5O2/c10-8-12-7(13-9(11)14-8)5-2-1-4(15)3-6(5)16/h1-3,15-16H,(H4,10,11,12,13,14). The number of aromatic nitrogens is 3. The van der Waals surface area contributed by atoms with Crippen molar-refractivity contribution in [3.63, 3.8) is 0 Å². The van der Waals surface area contributed by atoms with Crippen molar-refractivity contribution in [1.82, 2.24) is 15.0 Å². The van der Waals surface area contributed by atoms with Gasteiger partial charge in [0, 0.05) is 6.07 Å². The summed E-state index contributed by atoms with van der Waals surface area (Å²) in [6.45, 7) is 0. The number of anilines is 2. The van der Waals surface area contributed by atoms with Crippen LogP contribution in [-0.2, 0) is 0 Å². The Morgan fingerprint density at radius 2 is 1.56 bits per heavy atom. The summed E-state index contributed by atoms with van der Waals surface area (Å²) in [5.74, 6) is -0.131. The van der Waals surface area contributed by atoms with Gasteiger partial charge in [-0.3, -0.25) is 0 Å². The van der Waals surface area contributed by atoms with Crippen molar-refractivity contribution >= 4 is 11.9 Å². The number of phenolic OH excluding ortho intramolecular Hbond substituents is 2. The van der Waals surface area contributed by atoms with Crippen molar-refractivity contribution in [1.29, 1.82) is 0 Å². The van der Waals surface area contributed by atoms with Gasteiger partial charge in [-0.2, -0.15) is 15.0 Å². The van der Waals surface area contributed by atoms with Gasteiger partial charge >= 0.3 is 0 Å². The van der Waals surface area contributed by atoms with Crippen LogP contribution in [0.3, 0.4) is 0 Å². The molecule has 0 aliphatic rings. The summed E-state index contributed by atoms with van der Waals surface area (Å²) in [5, 5.41) is 18.7. The molecule has 0 bridgehead atoms. The lowest BCUT2D eigenvalue weighted by molar-refractivity contribution is 0.451. The zero-order valence-corrected chi connectivity index (χ0v) is 8.12. The highest BCUT2D eigenvalue weighted by molar-refractivity contribution is 5.66. The Hall–Kier alpha value is -2.57. The number of nitrogen functional groups attached to an aromatic ring is 2. The SMILES string of the molecule is Nc1nc(N)nc(-c2ccc(O)cc2O)n1. The summed E-state index contributed by atoms with van der Waals surface area (Å²) in [5.41, 5.74) is 11.1. The minimum atomic E-state index is -0.162. The van der Waals surface area contributed by atoms with E-state index in [-0.39, 0.29) is 29.2 Å². The Balaban J connectivity index is 2.58. The average Bonchev–Trinajstić information content (AvgIpc) is 2.15. The monoisotopic (exact) mass is 219 g/mol. The molecule has 0 saturated heterocycles. The van der Waals surface area contributed by atoms with Gasteiger partial charge in [0.2, 0.25) is 11.9 Å². The molecular formula is C9H9N5O2. The minimum absolute atomic E-state index is 0.0324. The maximum absolute atomic E-state index is 9.58. The molecule has 0 saturated carbocycles. The van der Waals surface area contributed by atoms with Crippen LogP contribution < -0.4 is 11.5 Å². The third-order valence-corrected chi connectivity index (χ3v) is 1.89. The molecule has 0 spiro atoms. The number of phenols is 2. The van der Waals surface area contributed by atoms with E-state index in [9.17, 15) is 5.11 Å². The fraction of sp³-hybridized carbons (Fsp3) is 0. The molecule has 0 aliphatic heterocycles. The second kappa shape index (κ2) is 3.54. The molecule has 0 fully saturated rings. The molecule has 0 aliphatic carbocycles. The van der Waals surface area contributed by atoms with Crippen molar-refractivity contribution in [2.75, 3.05) is 11.5 Å². The van der Waals surface area contributed by atoms with Gasteiger partial charge in [0.1, 0.15) is 11.5 Å². The molecule has 2 aromatic rings. The highest BCUT2D eigenvalue weighted by atomic mass is 16.3. The van der Waals surface area contributed by atoms with Crippen LogP contribution >= 0.6 is 0 Å². The summed E-state index contributed by atoms with van der Waals surface area (Å²) < 4.78 is 0. The van der Waals surface area contributed by atoms with Gasteiger partial charge in [0.05, 0.1) is 5.56 Å². The maximum Gasteiger partial charge on any atom is 0.225 e. The second-order valence-electron chi connectivity index (χ2n) is 3.08. The van der Waals surface area contributed by atoms with Crippen LogP contribution in [-0.4, -0.2) is 25.2 Å². The van der Waals surface area contributed by atoms with E-state index in [1.54, 1.807) is 0 Å². The number of aromatic hydroxyl groups is 2. The van der Waals surface area contributed by atoms with Crippen LogP contribution in [0.15, 0.2) is 18.2 Å². The molecule has 2 rings (SSSR count). The first-order valence-corrected chi connectivity index (χ1v) is 4.35. The molecule has 6 N–H and O–H groups in total. The quantitative estimate of drug-likeness (QED) is 0.535. The van der Waals surface area contributed by atoms with E-state index >= 15 is 0 Å². The van der Waals surface area contributed by atoms with Crippen LogP contribution in [0.2, 0.25) is 0 Å². The van der Waals surface area contributed by atoms with E-state index in [0.717, 1.165) is 0 Å². The lowest BCUT2D eigenvalue weighted by Crippen LogP contribution is -2.04. The fourth-order valence-corrected chi connectivity index (χ4v) is 1.24. The molecule has 7 heteroatoms. The molecule has 0 radical (unpaired) electrons. The van der Waals surface area contributed by atoms with Gasteiger partial charge in [-0.25, -0.2) is 0 Å². The molecule has 7 nitrogen and oxygen atoms in total. The van der Waals surface area contributed by atoms with Crippen LogP contribution in [0.1, 0.15) is 0 Å². The van der Waals surface area contributed by atoms with E-state index in [0.29, 0.717) is 5.56 Å². The van der Waals surface area contributed by atoms with Gasteiger partial charge in [0.15, 0.2) is 5.82 Å². The highest BCUT2D eigenvalue weighted by Crippen LogP contribution is 2.29. The van der Waals surface area contributed by atoms with Crippen molar-refractivity contribution in [3.8, 4) is 22.9 Å². The van der Waals surface area contributed by atoms with E-state index in [1.165, 1.54) is 18.2 Å². The number of hydrogen-bond donors (Lipinski definition) is 4. The summed E-state index contributed by atoms with van der Waals surface area (Å²) >= 11 is 0. The summed E-state index contributed by atoms with van der Waals surface area (Å²) in [4.78, 5) is 11.3. The zero-order chi connectivity index (χ0) is 11.7. The molecule has 1 aromatic heterocycles. The molecule has 0 amide bonds. The first-order chi connectivity index (χ1) is 7.56. The molecular weight excluding hydrogens is 210 g/mol. The van der Waals surface area contributed by atoms with E-state index in [4.69, 9.17) is 16.6 Å². The second-order valence-corrected chi connectivity index (χ2v) is 3.08. The highest BCUT2D eigenvalue weighted by Gasteiger charge is 2.10. The van der Waals surface area contributed by atoms with E-state index in [1.807, 2.05) is 0 Å². The predicted molar refractivity (Wildman–Crippen MR) is 57.4 cm³/mol. The van der Waals surface area contributed by atoms with Crippen molar-refractivity contribution in [2.45, 2.75) is 0 Å². The van der Waals surface area contributed by atoms with Crippen LogP contribution in [0.5, 0.6) is 11.5 Å². The summed E-state index contributed by atoms with van der Waals surface area (Å²) in [7, 11) is 0. The smallest absolute Gasteiger partial charge is 0.225 e. The number of benzene rings is 1. The van der Waals surface area contributed by atoms with Gasteiger partial charge in [-0.15, -0.1) is 0 Å². The first-order valence-electron chi connectivity index (χ1n) is 4.35. The molecule has 0 atom stereocenters. The Morgan fingerprint density at radius 1 is 0.938 bits per heavy atom. The Labute approximate surface area is 90.4 Å². The Kier molecular flexibility index (Phi) is 2.20. The molecule has 1 heterocycles. The fourth-order valence-electron chi connectivity index (χ4n) is 1.24. The van der Waals surface area contributed by atoms with Crippen LogP contribution in [0.25, 0.3) is 11.4 Å². The van der Waals surface area contributed by atoms with Crippen molar-refractivity contribution < 1.29 is 10.2 Å². The molecule has 1 aromatic carbocycles. The van der Waals surface area contributed by atoms with Gasteiger partial charge in [-0.1, -0.05) is 0 Å². The maximum atomic E-state index is 9.58. The molecule has 16 heavy (non-hydrogen) atoms. The Bertz CT molecular complexity index is 523. The normalized spacial score (nSPS) is 10.2. The van der Waals surface area contributed by atoms with Gasteiger partial charge < -0.3 is 21.7 Å². The number of nitrogens with two attached hydrogens (primary N) is 2. The number of hydrogen-bond acceptors (Lipinski definition) is 7. The molecule has 0 unspecified atom stereocenters.